The monoisotopic (exact) mass is 584 g/mol. The second-order valence-corrected chi connectivity index (χ2v) is 9.22. The first-order valence-electron chi connectivity index (χ1n) is 12.7. The second kappa shape index (κ2) is 11.7. The Morgan fingerprint density at radius 3 is 1.93 bits per heavy atom. The van der Waals surface area contributed by atoms with Gasteiger partial charge in [-0.1, -0.05) is 12.1 Å². The summed E-state index contributed by atoms with van der Waals surface area (Å²) in [6, 6.07) is 20.0. The van der Waals surface area contributed by atoms with Gasteiger partial charge in [0.2, 0.25) is 5.91 Å². The van der Waals surface area contributed by atoms with Gasteiger partial charge in [0.15, 0.2) is 5.69 Å². The van der Waals surface area contributed by atoms with Crippen molar-refractivity contribution in [3.05, 3.63) is 105 Å². The highest BCUT2D eigenvalue weighted by Gasteiger charge is 2.38. The summed E-state index contributed by atoms with van der Waals surface area (Å²) in [4.78, 5) is 51.1. The molecule has 0 saturated heterocycles. The van der Waals surface area contributed by atoms with Gasteiger partial charge in [0.25, 0.3) is 5.91 Å². The fourth-order valence-electron chi connectivity index (χ4n) is 4.60. The molecule has 0 saturated carbocycles. The Kier molecular flexibility index (Phi) is 7.74. The Morgan fingerprint density at radius 1 is 0.837 bits per heavy atom. The molecule has 0 spiro atoms. The number of nitrogens with one attached hydrogen (secondary N) is 3. The molecular weight excluding hydrogens is 560 g/mol. The van der Waals surface area contributed by atoms with Crippen LogP contribution >= 0.6 is 0 Å². The number of benzene rings is 4. The summed E-state index contributed by atoms with van der Waals surface area (Å²) in [6.45, 7) is -0.411. The number of carbonyl (C=O) groups excluding carboxylic acids is 2. The summed E-state index contributed by atoms with van der Waals surface area (Å²) in [5, 5.41) is 33.4. The van der Waals surface area contributed by atoms with Crippen molar-refractivity contribution in [3.63, 3.8) is 0 Å². The number of methoxy groups -OCH3 is 2. The Hall–Kier alpha value is -6.18. The molecule has 3 N–H and O–H groups in total. The maximum Gasteiger partial charge on any atom is 0.323 e. The highest BCUT2D eigenvalue weighted by atomic mass is 16.6. The lowest BCUT2D eigenvalue weighted by Crippen LogP contribution is -2.42. The number of nitro benzene ring substituents is 2. The number of nitro groups is 2. The number of anilines is 6. The lowest BCUT2D eigenvalue weighted by atomic mass is 10.0. The number of fused-ring (bicyclic) bond motifs is 1. The Morgan fingerprint density at radius 2 is 1.40 bits per heavy atom. The van der Waals surface area contributed by atoms with E-state index < -0.39 is 45.3 Å². The van der Waals surface area contributed by atoms with Crippen LogP contribution in [0.4, 0.5) is 45.5 Å². The van der Waals surface area contributed by atoms with Crippen molar-refractivity contribution in [2.45, 2.75) is 0 Å². The molecule has 5 rings (SSSR count). The van der Waals surface area contributed by atoms with E-state index in [1.54, 1.807) is 60.7 Å². The quantitative estimate of drug-likeness (QED) is 0.165. The summed E-state index contributed by atoms with van der Waals surface area (Å²) in [7, 11) is 2.94. The minimum absolute atomic E-state index is 0.295. The standard InChI is InChI=1S/C29H24N6O8/c1-42-19-11-7-17(8-12-19)30-26-21(29(37)33-16-25(36)32-22-5-3-4-6-23(22)33)15-24(34(38)39)27(28(26)35(40)41)31-18-9-13-20(43-2)14-10-18/h3-15,30-31H,16H2,1-2H3,(H,32,36). The molecule has 0 aromatic heterocycles. The summed E-state index contributed by atoms with van der Waals surface area (Å²) < 4.78 is 10.3. The molecule has 4 aromatic carbocycles. The average Bonchev–Trinajstić information content (AvgIpc) is 3.00. The van der Waals surface area contributed by atoms with E-state index in [9.17, 15) is 29.8 Å². The van der Waals surface area contributed by atoms with Crippen molar-refractivity contribution >= 4 is 57.3 Å². The van der Waals surface area contributed by atoms with Crippen LogP contribution in [-0.4, -0.2) is 42.4 Å². The fourth-order valence-corrected chi connectivity index (χ4v) is 4.60. The first kappa shape index (κ1) is 28.4. The average molecular weight is 585 g/mol. The normalized spacial score (nSPS) is 12.0. The Bertz CT molecular complexity index is 1740. The van der Waals surface area contributed by atoms with Gasteiger partial charge in [-0.15, -0.1) is 0 Å². The number of para-hydroxylation sites is 2. The van der Waals surface area contributed by atoms with E-state index in [4.69, 9.17) is 9.47 Å². The number of amides is 2. The number of nitrogens with zero attached hydrogens (tertiary/aromatic N) is 3. The highest BCUT2D eigenvalue weighted by molar-refractivity contribution is 6.19. The number of rotatable bonds is 9. The molecule has 0 aliphatic carbocycles. The molecule has 43 heavy (non-hydrogen) atoms. The van der Waals surface area contributed by atoms with Crippen LogP contribution in [0.3, 0.4) is 0 Å². The predicted molar refractivity (Wildman–Crippen MR) is 159 cm³/mol. The minimum atomic E-state index is -0.861. The zero-order valence-electron chi connectivity index (χ0n) is 22.8. The predicted octanol–water partition coefficient (Wildman–Crippen LogP) is 5.61. The molecule has 0 fully saturated rings. The van der Waals surface area contributed by atoms with Crippen LogP contribution in [0, 0.1) is 20.2 Å². The highest BCUT2D eigenvalue weighted by Crippen LogP contribution is 2.46. The van der Waals surface area contributed by atoms with Crippen LogP contribution in [0.25, 0.3) is 0 Å². The molecule has 2 amide bonds. The van der Waals surface area contributed by atoms with Crippen molar-refractivity contribution in [1.82, 2.24) is 0 Å². The van der Waals surface area contributed by atoms with Crippen molar-refractivity contribution in [2.75, 3.05) is 41.6 Å². The zero-order chi connectivity index (χ0) is 30.7. The molecule has 1 aliphatic heterocycles. The largest absolute Gasteiger partial charge is 0.497 e. The molecule has 14 nitrogen and oxygen atoms in total. The molecule has 0 radical (unpaired) electrons. The molecule has 0 bridgehead atoms. The third-order valence-corrected chi connectivity index (χ3v) is 6.62. The summed E-state index contributed by atoms with van der Waals surface area (Å²) in [6.07, 6.45) is 0. The Balaban J connectivity index is 1.73. The summed E-state index contributed by atoms with van der Waals surface area (Å²) in [5.41, 5.74) is -1.33. The number of hydrogen-bond donors (Lipinski definition) is 3. The van der Waals surface area contributed by atoms with Gasteiger partial charge in [0.05, 0.1) is 41.0 Å². The van der Waals surface area contributed by atoms with Gasteiger partial charge in [-0.05, 0) is 60.7 Å². The summed E-state index contributed by atoms with van der Waals surface area (Å²) in [5.74, 6) is -0.347. The smallest absolute Gasteiger partial charge is 0.323 e. The van der Waals surface area contributed by atoms with Crippen LogP contribution in [0.2, 0.25) is 0 Å². The van der Waals surface area contributed by atoms with E-state index in [0.717, 1.165) is 11.0 Å². The molecule has 1 aliphatic rings. The zero-order valence-corrected chi connectivity index (χ0v) is 22.8. The van der Waals surface area contributed by atoms with Crippen molar-refractivity contribution in [1.29, 1.82) is 0 Å². The maximum atomic E-state index is 14.1. The molecule has 0 unspecified atom stereocenters. The molecule has 0 atom stereocenters. The number of hydrogen-bond acceptors (Lipinski definition) is 10. The van der Waals surface area contributed by atoms with E-state index in [1.807, 2.05) is 0 Å². The molecule has 14 heteroatoms. The summed E-state index contributed by atoms with van der Waals surface area (Å²) >= 11 is 0. The number of ether oxygens (including phenoxy) is 2. The van der Waals surface area contributed by atoms with Gasteiger partial charge in [0.1, 0.15) is 23.7 Å². The van der Waals surface area contributed by atoms with E-state index in [0.29, 0.717) is 34.2 Å². The van der Waals surface area contributed by atoms with Crippen molar-refractivity contribution in [3.8, 4) is 11.5 Å². The third-order valence-electron chi connectivity index (χ3n) is 6.62. The number of carbonyl (C=O) groups is 2. The Labute approximate surface area is 244 Å². The lowest BCUT2D eigenvalue weighted by Gasteiger charge is -2.29. The molecular formula is C29H24N6O8. The van der Waals surface area contributed by atoms with E-state index in [-0.39, 0.29) is 11.3 Å². The van der Waals surface area contributed by atoms with Gasteiger partial charge in [-0.25, -0.2) is 0 Å². The van der Waals surface area contributed by atoms with Gasteiger partial charge in [-0.3, -0.25) is 34.7 Å². The van der Waals surface area contributed by atoms with Crippen LogP contribution in [-0.2, 0) is 4.79 Å². The van der Waals surface area contributed by atoms with Crippen LogP contribution in [0.5, 0.6) is 11.5 Å². The fraction of sp³-hybridized carbons (Fsp3) is 0.103. The van der Waals surface area contributed by atoms with E-state index >= 15 is 0 Å². The molecule has 4 aromatic rings. The van der Waals surface area contributed by atoms with Crippen LogP contribution in [0.15, 0.2) is 78.9 Å². The SMILES string of the molecule is COc1ccc(Nc2c(C(=O)N3CC(=O)Nc4ccccc43)cc([N+](=O)[O-])c(Nc3ccc(OC)cc3)c2[N+](=O)[O-])cc1. The van der Waals surface area contributed by atoms with Crippen molar-refractivity contribution in [2.24, 2.45) is 0 Å². The first-order valence-corrected chi connectivity index (χ1v) is 12.7. The van der Waals surface area contributed by atoms with Crippen LogP contribution in [0.1, 0.15) is 10.4 Å². The van der Waals surface area contributed by atoms with Gasteiger partial charge in [0, 0.05) is 17.4 Å². The van der Waals surface area contributed by atoms with E-state index in [1.165, 1.54) is 26.4 Å². The van der Waals surface area contributed by atoms with Gasteiger partial charge >= 0.3 is 11.4 Å². The molecule has 1 heterocycles. The lowest BCUT2D eigenvalue weighted by molar-refractivity contribution is -0.391. The van der Waals surface area contributed by atoms with Gasteiger partial charge in [-0.2, -0.15) is 0 Å². The van der Waals surface area contributed by atoms with Gasteiger partial charge < -0.3 is 25.4 Å². The van der Waals surface area contributed by atoms with E-state index in [2.05, 4.69) is 16.0 Å². The third kappa shape index (κ3) is 5.69. The van der Waals surface area contributed by atoms with Crippen LogP contribution < -0.4 is 30.3 Å². The molecule has 218 valence electrons. The van der Waals surface area contributed by atoms with Crippen molar-refractivity contribution < 1.29 is 28.9 Å². The maximum absolute atomic E-state index is 14.1. The minimum Gasteiger partial charge on any atom is -0.497 e. The second-order valence-electron chi connectivity index (χ2n) is 9.22. The topological polar surface area (TPSA) is 178 Å². The first-order chi connectivity index (χ1) is 20.7.